The van der Waals surface area contributed by atoms with Gasteiger partial charge in [0.15, 0.2) is 5.82 Å². The molecule has 0 radical (unpaired) electrons. The predicted molar refractivity (Wildman–Crippen MR) is 100 cm³/mol. The molecule has 3 aromatic rings. The number of H-pyrrole nitrogens is 1. The van der Waals surface area contributed by atoms with Crippen LogP contribution in [0, 0.1) is 0 Å². The van der Waals surface area contributed by atoms with Gasteiger partial charge in [-0.3, -0.25) is 14.6 Å². The fourth-order valence-electron chi connectivity index (χ4n) is 3.06. The van der Waals surface area contributed by atoms with E-state index in [0.717, 1.165) is 17.1 Å². The lowest BCUT2D eigenvalue weighted by atomic mass is 10.2. The fraction of sp³-hybridized carbons (Fsp3) is 0.211. The first-order valence-corrected chi connectivity index (χ1v) is 8.68. The molecule has 8 nitrogen and oxygen atoms in total. The fourth-order valence-corrected chi connectivity index (χ4v) is 3.06. The molecule has 0 spiro atoms. The van der Waals surface area contributed by atoms with Crippen molar-refractivity contribution in [3.63, 3.8) is 0 Å². The first kappa shape index (κ1) is 16.9. The quantitative estimate of drug-likeness (QED) is 0.752. The number of amides is 1. The van der Waals surface area contributed by atoms with Crippen molar-refractivity contribution in [2.45, 2.75) is 0 Å². The van der Waals surface area contributed by atoms with Gasteiger partial charge in [0, 0.05) is 50.3 Å². The monoisotopic (exact) mass is 362 g/mol. The number of piperazine rings is 1. The molecule has 0 unspecified atom stereocenters. The summed E-state index contributed by atoms with van der Waals surface area (Å²) in [5.74, 6) is 0.529. The lowest BCUT2D eigenvalue weighted by Crippen LogP contribution is -2.49. The van der Waals surface area contributed by atoms with Crippen molar-refractivity contribution < 1.29 is 4.79 Å². The molecule has 27 heavy (non-hydrogen) atoms. The minimum Gasteiger partial charge on any atom is -0.352 e. The molecule has 136 valence electrons. The molecule has 3 aromatic heterocycles. The second-order valence-corrected chi connectivity index (χ2v) is 6.21. The molecule has 4 heterocycles. The number of pyridine rings is 2. The number of anilines is 1. The summed E-state index contributed by atoms with van der Waals surface area (Å²) in [5, 5.41) is 8.59. The number of carbonyl (C=O) groups is 1. The molecule has 0 aromatic carbocycles. The van der Waals surface area contributed by atoms with Crippen LogP contribution in [0.3, 0.4) is 0 Å². The van der Waals surface area contributed by atoms with Crippen LogP contribution in [0.5, 0.6) is 0 Å². The summed E-state index contributed by atoms with van der Waals surface area (Å²) in [4.78, 5) is 34.7. The Balaban J connectivity index is 1.41. The number of nitrogens with zero attached hydrogens (tertiary/aromatic N) is 5. The van der Waals surface area contributed by atoms with E-state index >= 15 is 0 Å². The molecule has 8 heteroatoms. The highest BCUT2D eigenvalue weighted by Crippen LogP contribution is 2.18. The summed E-state index contributed by atoms with van der Waals surface area (Å²) in [5.41, 5.74) is 1.50. The third-order valence-corrected chi connectivity index (χ3v) is 4.55. The van der Waals surface area contributed by atoms with E-state index in [2.05, 4.69) is 25.1 Å². The van der Waals surface area contributed by atoms with Gasteiger partial charge in [0.25, 0.3) is 11.5 Å². The van der Waals surface area contributed by atoms with Crippen LogP contribution in [0.2, 0.25) is 0 Å². The first-order chi connectivity index (χ1) is 13.2. The average molecular weight is 362 g/mol. The first-order valence-electron chi connectivity index (χ1n) is 8.68. The summed E-state index contributed by atoms with van der Waals surface area (Å²) in [7, 11) is 0. The zero-order valence-electron chi connectivity index (χ0n) is 14.6. The van der Waals surface area contributed by atoms with Crippen molar-refractivity contribution in [1.29, 1.82) is 0 Å². The van der Waals surface area contributed by atoms with Gasteiger partial charge in [-0.2, -0.15) is 0 Å². The maximum atomic E-state index is 12.5. The lowest BCUT2D eigenvalue weighted by Gasteiger charge is -2.35. The molecule has 0 atom stereocenters. The third-order valence-electron chi connectivity index (χ3n) is 4.55. The van der Waals surface area contributed by atoms with Gasteiger partial charge in [-0.1, -0.05) is 0 Å². The third kappa shape index (κ3) is 3.55. The summed E-state index contributed by atoms with van der Waals surface area (Å²) in [6.45, 7) is 2.33. The molecule has 0 saturated carbocycles. The maximum absolute atomic E-state index is 12.5. The standard InChI is InChI=1S/C19H18N6O2/c26-18-15(4-2-8-21-18)19(27)25-11-9-24(10-12-25)17-6-5-16(22-23-17)14-3-1-7-20-13-14/h1-8,13H,9-12H2,(H,21,26). The largest absolute Gasteiger partial charge is 0.352 e. The number of carbonyl (C=O) groups excluding carboxylic acids is 1. The van der Waals surface area contributed by atoms with Gasteiger partial charge >= 0.3 is 0 Å². The van der Waals surface area contributed by atoms with Crippen LogP contribution >= 0.6 is 0 Å². The number of hydrogen-bond donors (Lipinski definition) is 1. The topological polar surface area (TPSA) is 95.1 Å². The normalized spacial score (nSPS) is 14.2. The van der Waals surface area contributed by atoms with Crippen LogP contribution in [0.25, 0.3) is 11.3 Å². The smallest absolute Gasteiger partial charge is 0.260 e. The number of nitrogens with one attached hydrogen (secondary N) is 1. The van der Waals surface area contributed by atoms with E-state index in [0.29, 0.717) is 26.2 Å². The van der Waals surface area contributed by atoms with Crippen molar-refractivity contribution in [2.75, 3.05) is 31.1 Å². The number of rotatable bonds is 3. The van der Waals surface area contributed by atoms with Crippen molar-refractivity contribution in [3.05, 3.63) is 70.9 Å². The molecule has 4 rings (SSSR count). The van der Waals surface area contributed by atoms with E-state index < -0.39 is 0 Å². The van der Waals surface area contributed by atoms with Gasteiger partial charge in [0.2, 0.25) is 0 Å². The van der Waals surface area contributed by atoms with Gasteiger partial charge in [-0.05, 0) is 36.4 Å². The van der Waals surface area contributed by atoms with Gasteiger partial charge < -0.3 is 14.8 Å². The highest BCUT2D eigenvalue weighted by molar-refractivity contribution is 5.94. The Morgan fingerprint density at radius 3 is 2.52 bits per heavy atom. The van der Waals surface area contributed by atoms with Crippen molar-refractivity contribution in [2.24, 2.45) is 0 Å². The molecule has 1 saturated heterocycles. The highest BCUT2D eigenvalue weighted by Gasteiger charge is 2.24. The predicted octanol–water partition coefficient (Wildman–Crippen LogP) is 1.19. The van der Waals surface area contributed by atoms with E-state index in [1.165, 1.54) is 6.20 Å². The van der Waals surface area contributed by atoms with Crippen LogP contribution in [-0.2, 0) is 0 Å². The van der Waals surface area contributed by atoms with Gasteiger partial charge in [0.1, 0.15) is 5.56 Å². The molecular formula is C19H18N6O2. The summed E-state index contributed by atoms with van der Waals surface area (Å²) in [6, 6.07) is 10.8. The van der Waals surface area contributed by atoms with Crippen molar-refractivity contribution >= 4 is 11.7 Å². The Hall–Kier alpha value is -3.55. The zero-order valence-corrected chi connectivity index (χ0v) is 14.6. The Morgan fingerprint density at radius 1 is 1.00 bits per heavy atom. The lowest BCUT2D eigenvalue weighted by molar-refractivity contribution is 0.0744. The van der Waals surface area contributed by atoms with E-state index in [1.807, 2.05) is 24.3 Å². The van der Waals surface area contributed by atoms with Crippen LogP contribution in [0.1, 0.15) is 10.4 Å². The molecule has 1 aliphatic heterocycles. The van der Waals surface area contributed by atoms with Crippen LogP contribution in [0.4, 0.5) is 5.82 Å². The minimum absolute atomic E-state index is 0.173. The summed E-state index contributed by atoms with van der Waals surface area (Å²) >= 11 is 0. The van der Waals surface area contributed by atoms with Crippen LogP contribution < -0.4 is 10.5 Å². The summed E-state index contributed by atoms with van der Waals surface area (Å²) < 4.78 is 0. The molecule has 1 fully saturated rings. The number of aromatic amines is 1. The van der Waals surface area contributed by atoms with E-state index in [9.17, 15) is 9.59 Å². The van der Waals surface area contributed by atoms with Gasteiger partial charge in [-0.25, -0.2) is 0 Å². The van der Waals surface area contributed by atoms with E-state index in [4.69, 9.17) is 0 Å². The van der Waals surface area contributed by atoms with Crippen molar-refractivity contribution in [3.8, 4) is 11.3 Å². The highest BCUT2D eigenvalue weighted by atomic mass is 16.2. The molecular weight excluding hydrogens is 344 g/mol. The second kappa shape index (κ2) is 7.36. The van der Waals surface area contributed by atoms with Gasteiger partial charge in [0.05, 0.1) is 5.69 Å². The Bertz CT molecular complexity index is 979. The van der Waals surface area contributed by atoms with E-state index in [1.54, 1.807) is 29.4 Å². The Kier molecular flexibility index (Phi) is 4.61. The zero-order chi connectivity index (χ0) is 18.6. The van der Waals surface area contributed by atoms with Crippen LogP contribution in [0.15, 0.2) is 59.8 Å². The minimum atomic E-state index is -0.359. The Labute approximate surface area is 155 Å². The molecule has 0 aliphatic carbocycles. The Morgan fingerprint density at radius 2 is 1.85 bits per heavy atom. The second-order valence-electron chi connectivity index (χ2n) is 6.21. The molecule has 1 N–H and O–H groups in total. The van der Waals surface area contributed by atoms with Crippen LogP contribution in [-0.4, -0.2) is 57.2 Å². The molecule has 1 amide bonds. The van der Waals surface area contributed by atoms with Gasteiger partial charge in [-0.15, -0.1) is 10.2 Å². The van der Waals surface area contributed by atoms with E-state index in [-0.39, 0.29) is 17.0 Å². The van der Waals surface area contributed by atoms with Crippen molar-refractivity contribution in [1.82, 2.24) is 25.1 Å². The maximum Gasteiger partial charge on any atom is 0.260 e. The number of aromatic nitrogens is 4. The SMILES string of the molecule is O=C(c1ccc[nH]c1=O)N1CCN(c2ccc(-c3cccnc3)nn2)CC1. The average Bonchev–Trinajstić information content (AvgIpc) is 2.74. The number of hydrogen-bond acceptors (Lipinski definition) is 6. The molecule has 1 aliphatic rings. The summed E-state index contributed by atoms with van der Waals surface area (Å²) in [6.07, 6.45) is 4.99. The molecule has 0 bridgehead atoms.